The lowest BCUT2D eigenvalue weighted by molar-refractivity contribution is -0.144. The molecule has 0 rings (SSSR count). The molecule has 0 radical (unpaired) electrons. The molecule has 448 valence electrons. The van der Waals surface area contributed by atoms with E-state index >= 15 is 0 Å². The van der Waals surface area contributed by atoms with Crippen LogP contribution < -0.4 is 37.2 Å². The third-order valence-corrected chi connectivity index (χ3v) is 12.3. The van der Waals surface area contributed by atoms with E-state index in [1.807, 2.05) is 10.6 Å². The number of amides is 7. The monoisotopic (exact) mass is 1130 g/mol. The van der Waals surface area contributed by atoms with Crippen molar-refractivity contribution in [2.24, 2.45) is 0 Å². The molecule has 0 aromatic heterocycles. The number of nitrogens with one attached hydrogen (secondary N) is 7. The number of hydrogen-bond acceptors (Lipinski definition) is 16. The molecule has 29 heteroatoms. The number of carbonyl (C=O) groups excluding carboxylic acids is 8. The van der Waals surface area contributed by atoms with E-state index in [1.165, 1.54) is 6.92 Å². The van der Waals surface area contributed by atoms with E-state index in [1.54, 1.807) is 0 Å². The van der Waals surface area contributed by atoms with Crippen LogP contribution in [-0.4, -0.2) is 179 Å². The minimum Gasteiger partial charge on any atom is -0.481 e. The number of rotatable bonds is 48. The summed E-state index contributed by atoms with van der Waals surface area (Å²) < 4.78 is 0. The molecule has 0 fully saturated rings. The van der Waals surface area contributed by atoms with Crippen molar-refractivity contribution >= 4 is 82.9 Å². The van der Waals surface area contributed by atoms with Crippen molar-refractivity contribution in [3.63, 3.8) is 0 Å². The molecule has 0 aliphatic carbocycles. The highest BCUT2D eigenvalue weighted by atomic mass is 16.4. The van der Waals surface area contributed by atoms with Gasteiger partial charge in [0.2, 0.25) is 41.4 Å². The lowest BCUT2D eigenvalue weighted by Gasteiger charge is -2.25. The molecule has 0 aromatic carbocycles. The molecule has 0 heterocycles. The molecule has 0 saturated heterocycles. The number of Topliss-reactive ketones (excluding diaryl/α,β-unsaturated/α-hetero) is 1. The Labute approximate surface area is 456 Å². The van der Waals surface area contributed by atoms with Gasteiger partial charge in [0.15, 0.2) is 0 Å². The Kier molecular flexibility index (Phi) is 37.9. The zero-order valence-electron chi connectivity index (χ0n) is 44.6. The first-order chi connectivity index (χ1) is 37.3. The van der Waals surface area contributed by atoms with Gasteiger partial charge in [-0.3, -0.25) is 43.2 Å². The number of aliphatic hydroxyl groups excluding tert-OH is 2. The molecule has 7 atom stereocenters. The fraction of sp³-hybridized carbons (Fsp3) is 0.720. The Morgan fingerprint density at radius 2 is 0.519 bits per heavy atom. The lowest BCUT2D eigenvalue weighted by atomic mass is 10.0. The van der Waals surface area contributed by atoms with Crippen LogP contribution in [0.15, 0.2) is 0 Å². The summed E-state index contributed by atoms with van der Waals surface area (Å²) in [5.74, 6) is -16.2. The van der Waals surface area contributed by atoms with Crippen LogP contribution >= 0.6 is 0 Å². The van der Waals surface area contributed by atoms with E-state index in [-0.39, 0.29) is 31.5 Å². The number of ketones is 1. The van der Waals surface area contributed by atoms with Crippen LogP contribution in [0.5, 0.6) is 0 Å². The van der Waals surface area contributed by atoms with E-state index in [0.29, 0.717) is 12.8 Å². The van der Waals surface area contributed by atoms with E-state index < -0.39 is 184 Å². The van der Waals surface area contributed by atoms with Crippen LogP contribution in [0.3, 0.4) is 0 Å². The smallest absolute Gasteiger partial charge is 0.326 e. The second kappa shape index (κ2) is 41.8. The number of aliphatic carboxylic acids is 6. The third kappa shape index (κ3) is 35.7. The topological polar surface area (TPSA) is 485 Å². The fourth-order valence-corrected chi connectivity index (χ4v) is 7.69. The summed E-state index contributed by atoms with van der Waals surface area (Å²) in [5.41, 5.74) is 0. The van der Waals surface area contributed by atoms with Gasteiger partial charge in [-0.2, -0.15) is 0 Å². The first-order valence-electron chi connectivity index (χ1n) is 26.5. The van der Waals surface area contributed by atoms with Gasteiger partial charge in [-0.25, -0.2) is 19.2 Å². The van der Waals surface area contributed by atoms with E-state index in [0.717, 1.165) is 77.0 Å². The van der Waals surface area contributed by atoms with Crippen LogP contribution in [0.25, 0.3) is 0 Å². The number of carbonyl (C=O) groups is 14. The minimum atomic E-state index is -1.95. The summed E-state index contributed by atoms with van der Waals surface area (Å²) in [4.78, 5) is 170. The quantitative estimate of drug-likeness (QED) is 0.0345. The summed E-state index contributed by atoms with van der Waals surface area (Å²) in [6.07, 6.45) is 8.56. The highest BCUT2D eigenvalue weighted by Gasteiger charge is 2.33. The number of carboxylic acid groups (broad SMARTS) is 6. The second-order valence-electron chi connectivity index (χ2n) is 19.0. The van der Waals surface area contributed by atoms with E-state index in [4.69, 9.17) is 5.11 Å². The molecule has 0 saturated carbocycles. The van der Waals surface area contributed by atoms with Gasteiger partial charge in [-0.05, 0) is 51.9 Å². The van der Waals surface area contributed by atoms with Crippen LogP contribution in [-0.2, 0) is 67.1 Å². The molecule has 79 heavy (non-hydrogen) atoms. The van der Waals surface area contributed by atoms with Gasteiger partial charge in [0.25, 0.3) is 0 Å². The SMILES string of the molecule is CC(=O)CC[C@H](NC(=O)CC[C@H](NC(=O)C(CO)NC(=O)[C@H](CCC(=O)O)NC(=O)C(CO)NC(=O)CC[C@H](NC(=O)CC[C@H](NC(=O)CCCCCCCCCCCCCCCCC(=O)O)C(=O)O)C(=O)O)C(=O)O)C(=O)O. The maximum atomic E-state index is 13.3. The minimum absolute atomic E-state index is 0.0550. The van der Waals surface area contributed by atoms with Crippen molar-refractivity contribution in [1.29, 1.82) is 0 Å². The highest BCUT2D eigenvalue weighted by molar-refractivity contribution is 5.96. The average molecular weight is 1130 g/mol. The number of carboxylic acids is 6. The number of hydrogen-bond donors (Lipinski definition) is 15. The summed E-state index contributed by atoms with van der Waals surface area (Å²) in [7, 11) is 0. The van der Waals surface area contributed by atoms with Gasteiger partial charge in [-0.1, -0.05) is 77.0 Å². The molecule has 0 aliphatic rings. The van der Waals surface area contributed by atoms with Gasteiger partial charge in [-0.15, -0.1) is 0 Å². The van der Waals surface area contributed by atoms with Gasteiger partial charge in [0.1, 0.15) is 48.1 Å². The van der Waals surface area contributed by atoms with Crippen LogP contribution in [0.1, 0.15) is 174 Å². The Hall–Kier alpha value is -7.30. The standard InChI is InChI=1S/C50H81N7O22/c1-30(60)18-19-32(47(72)73)52-40(63)26-22-35(50(78)79)56-46(71)37(29-59)57-44(69)31(23-27-43(67)68)55-45(70)36(28-58)54-41(64)25-21-34(49(76)77)53-39(62)24-20-33(48(74)75)51-38(61)16-14-12-10-8-6-4-2-3-5-7-9-11-13-15-17-42(65)66/h31-37,58-59H,2-29H2,1H3,(H,51,61)(H,52,63)(H,53,62)(H,54,64)(H,55,70)(H,56,71)(H,57,69)(H,65,66)(H,67,68)(H,72,73)(H,74,75)(H,76,77)(H,78,79)/t31-,32-,33-,34-,35-,36?,37?/m0/s1. The molecule has 15 N–H and O–H groups in total. The molecular weight excluding hydrogens is 1050 g/mol. The first kappa shape index (κ1) is 71.7. The summed E-state index contributed by atoms with van der Waals surface area (Å²) >= 11 is 0. The van der Waals surface area contributed by atoms with Crippen LogP contribution in [0.4, 0.5) is 0 Å². The molecule has 0 bridgehead atoms. The molecular formula is C50H81N7O22. The molecule has 7 amide bonds. The molecule has 2 unspecified atom stereocenters. The molecule has 0 aliphatic heterocycles. The maximum Gasteiger partial charge on any atom is 0.326 e. The average Bonchev–Trinajstić information content (AvgIpc) is 3.37. The lowest BCUT2D eigenvalue weighted by Crippen LogP contribution is -2.59. The predicted molar refractivity (Wildman–Crippen MR) is 274 cm³/mol. The zero-order valence-corrected chi connectivity index (χ0v) is 44.6. The Morgan fingerprint density at radius 1 is 0.278 bits per heavy atom. The summed E-state index contributed by atoms with van der Waals surface area (Å²) in [5, 5.41) is 90.9. The van der Waals surface area contributed by atoms with Crippen molar-refractivity contribution in [3.05, 3.63) is 0 Å². The van der Waals surface area contributed by atoms with Gasteiger partial charge >= 0.3 is 35.8 Å². The Morgan fingerprint density at radius 3 is 0.848 bits per heavy atom. The van der Waals surface area contributed by atoms with Crippen molar-refractivity contribution < 1.29 is 108 Å². The zero-order chi connectivity index (χ0) is 59.9. The van der Waals surface area contributed by atoms with E-state index in [9.17, 15) is 103 Å². The van der Waals surface area contributed by atoms with Crippen LogP contribution in [0.2, 0.25) is 0 Å². The highest BCUT2D eigenvalue weighted by Crippen LogP contribution is 2.15. The normalized spacial score (nSPS) is 13.6. The first-order valence-corrected chi connectivity index (χ1v) is 26.5. The number of aliphatic hydroxyl groups is 2. The summed E-state index contributed by atoms with van der Waals surface area (Å²) in [6.45, 7) is -1.13. The summed E-state index contributed by atoms with van der Waals surface area (Å²) in [6, 6.07) is -12.2. The molecule has 0 spiro atoms. The Bertz CT molecular complexity index is 2040. The van der Waals surface area contributed by atoms with E-state index in [2.05, 4.69) is 26.6 Å². The van der Waals surface area contributed by atoms with Crippen molar-refractivity contribution in [2.45, 2.75) is 216 Å². The van der Waals surface area contributed by atoms with Gasteiger partial charge in [0.05, 0.1) is 13.2 Å². The fourth-order valence-electron chi connectivity index (χ4n) is 7.69. The Balaban J connectivity index is 5.16. The van der Waals surface area contributed by atoms with Gasteiger partial charge < -0.3 is 82.9 Å². The molecule has 0 aromatic rings. The largest absolute Gasteiger partial charge is 0.481 e. The predicted octanol–water partition coefficient (Wildman–Crippen LogP) is -0.396. The van der Waals surface area contributed by atoms with Crippen molar-refractivity contribution in [1.82, 2.24) is 37.2 Å². The maximum absolute atomic E-state index is 13.3. The van der Waals surface area contributed by atoms with Gasteiger partial charge in [0, 0.05) is 44.9 Å². The molecule has 29 nitrogen and oxygen atoms in total. The second-order valence-corrected chi connectivity index (χ2v) is 19.0. The van der Waals surface area contributed by atoms with Crippen LogP contribution in [0, 0.1) is 0 Å². The number of unbranched alkanes of at least 4 members (excludes halogenated alkanes) is 13. The van der Waals surface area contributed by atoms with Crippen molar-refractivity contribution in [3.8, 4) is 0 Å². The third-order valence-electron chi connectivity index (χ3n) is 12.3. The van der Waals surface area contributed by atoms with Crippen molar-refractivity contribution in [2.75, 3.05) is 13.2 Å².